The summed E-state index contributed by atoms with van der Waals surface area (Å²) in [6.07, 6.45) is 1.54. The van der Waals surface area contributed by atoms with Crippen molar-refractivity contribution in [2.45, 2.75) is 31.4 Å². The molecule has 2 N–H and O–H groups in total. The van der Waals surface area contributed by atoms with E-state index in [4.69, 9.17) is 10.5 Å². The van der Waals surface area contributed by atoms with E-state index in [1.54, 1.807) is 12.1 Å². The fourth-order valence-electron chi connectivity index (χ4n) is 2.14. The molecule has 0 saturated carbocycles. The third-order valence-electron chi connectivity index (χ3n) is 3.43. The first-order chi connectivity index (χ1) is 8.01. The first-order valence-corrected chi connectivity index (χ1v) is 5.65. The van der Waals surface area contributed by atoms with Gasteiger partial charge in [-0.3, -0.25) is 10.1 Å². The van der Waals surface area contributed by atoms with Crippen LogP contribution < -0.4 is 5.73 Å². The van der Waals surface area contributed by atoms with Gasteiger partial charge in [-0.2, -0.15) is 0 Å². The average Bonchev–Trinajstić information content (AvgIpc) is 2.60. The topological polar surface area (TPSA) is 78.4 Å². The van der Waals surface area contributed by atoms with Gasteiger partial charge in [-0.15, -0.1) is 0 Å². The Labute approximate surface area is 99.7 Å². The average molecular weight is 236 g/mol. The molecule has 0 aliphatic carbocycles. The van der Waals surface area contributed by atoms with E-state index in [0.717, 1.165) is 12.0 Å². The molecule has 1 aliphatic rings. The molecule has 1 fully saturated rings. The largest absolute Gasteiger partial charge is 0.377 e. The van der Waals surface area contributed by atoms with Crippen LogP contribution in [0.2, 0.25) is 0 Å². The maximum atomic E-state index is 10.5. The van der Waals surface area contributed by atoms with E-state index < -0.39 is 4.92 Å². The van der Waals surface area contributed by atoms with Crippen molar-refractivity contribution in [3.05, 3.63) is 39.9 Å². The fourth-order valence-corrected chi connectivity index (χ4v) is 2.14. The molecule has 1 aromatic carbocycles. The van der Waals surface area contributed by atoms with Crippen LogP contribution in [0.1, 0.15) is 18.9 Å². The smallest absolute Gasteiger partial charge is 0.269 e. The van der Waals surface area contributed by atoms with Gasteiger partial charge >= 0.3 is 0 Å². The third kappa shape index (κ3) is 2.45. The molecule has 2 atom stereocenters. The number of hydrogen-bond acceptors (Lipinski definition) is 4. The SMILES string of the molecule is CC1OCCC1(N)Cc1ccc([N+](=O)[O-])cc1. The summed E-state index contributed by atoms with van der Waals surface area (Å²) in [6.45, 7) is 2.66. The zero-order valence-corrected chi connectivity index (χ0v) is 9.76. The standard InChI is InChI=1S/C12H16N2O3/c1-9-12(13,6-7-17-9)8-10-2-4-11(5-3-10)14(15)16/h2-5,9H,6-8,13H2,1H3. The monoisotopic (exact) mass is 236 g/mol. The van der Waals surface area contributed by atoms with Crippen LogP contribution in [0, 0.1) is 10.1 Å². The highest BCUT2D eigenvalue weighted by Gasteiger charge is 2.37. The molecule has 0 radical (unpaired) electrons. The summed E-state index contributed by atoms with van der Waals surface area (Å²) in [5.74, 6) is 0. The first kappa shape index (κ1) is 12.0. The molecule has 1 saturated heterocycles. The summed E-state index contributed by atoms with van der Waals surface area (Å²) in [5, 5.41) is 10.5. The summed E-state index contributed by atoms with van der Waals surface area (Å²) in [6, 6.07) is 6.55. The molecule has 1 aliphatic heterocycles. The number of nitrogens with two attached hydrogens (primary N) is 1. The van der Waals surface area contributed by atoms with Gasteiger partial charge in [-0.1, -0.05) is 12.1 Å². The van der Waals surface area contributed by atoms with Crippen LogP contribution in [-0.4, -0.2) is 23.2 Å². The van der Waals surface area contributed by atoms with Gasteiger partial charge in [0, 0.05) is 24.3 Å². The summed E-state index contributed by atoms with van der Waals surface area (Å²) in [5.41, 5.74) is 7.04. The highest BCUT2D eigenvalue weighted by Crippen LogP contribution is 2.27. The van der Waals surface area contributed by atoms with Crippen molar-refractivity contribution in [1.82, 2.24) is 0 Å². The molecule has 2 unspecified atom stereocenters. The molecule has 5 heteroatoms. The van der Waals surface area contributed by atoms with Gasteiger partial charge in [0.1, 0.15) is 0 Å². The van der Waals surface area contributed by atoms with E-state index in [1.807, 2.05) is 6.92 Å². The van der Waals surface area contributed by atoms with Crippen molar-refractivity contribution in [2.24, 2.45) is 5.73 Å². The Morgan fingerprint density at radius 2 is 2.18 bits per heavy atom. The molecule has 5 nitrogen and oxygen atoms in total. The summed E-state index contributed by atoms with van der Waals surface area (Å²) < 4.78 is 5.47. The lowest BCUT2D eigenvalue weighted by molar-refractivity contribution is -0.384. The first-order valence-electron chi connectivity index (χ1n) is 5.65. The molecule has 0 amide bonds. The molecule has 2 rings (SSSR count). The normalized spacial score (nSPS) is 28.2. The Bertz CT molecular complexity index is 418. The lowest BCUT2D eigenvalue weighted by atomic mass is 9.86. The summed E-state index contributed by atoms with van der Waals surface area (Å²) >= 11 is 0. The minimum Gasteiger partial charge on any atom is -0.377 e. The molecule has 17 heavy (non-hydrogen) atoms. The van der Waals surface area contributed by atoms with Gasteiger partial charge in [-0.25, -0.2) is 0 Å². The number of nitrogens with zero attached hydrogens (tertiary/aromatic N) is 1. The van der Waals surface area contributed by atoms with Crippen LogP contribution in [0.25, 0.3) is 0 Å². The van der Waals surface area contributed by atoms with E-state index >= 15 is 0 Å². The maximum Gasteiger partial charge on any atom is 0.269 e. The second-order valence-electron chi connectivity index (χ2n) is 4.60. The van der Waals surface area contributed by atoms with Gasteiger partial charge in [0.25, 0.3) is 5.69 Å². The molecule has 1 heterocycles. The Hall–Kier alpha value is -1.46. The Balaban J connectivity index is 2.11. The van der Waals surface area contributed by atoms with E-state index in [-0.39, 0.29) is 17.3 Å². The van der Waals surface area contributed by atoms with Crippen molar-refractivity contribution in [3.8, 4) is 0 Å². The van der Waals surface area contributed by atoms with Crippen molar-refractivity contribution in [1.29, 1.82) is 0 Å². The van der Waals surface area contributed by atoms with E-state index in [2.05, 4.69) is 0 Å². The minimum absolute atomic E-state index is 0.0256. The quantitative estimate of drug-likeness (QED) is 0.639. The van der Waals surface area contributed by atoms with Crippen LogP contribution in [0.5, 0.6) is 0 Å². The number of non-ortho nitro benzene ring substituents is 1. The van der Waals surface area contributed by atoms with E-state index in [1.165, 1.54) is 12.1 Å². The van der Waals surface area contributed by atoms with Gasteiger partial charge in [0.05, 0.1) is 11.0 Å². The van der Waals surface area contributed by atoms with Crippen molar-refractivity contribution in [2.75, 3.05) is 6.61 Å². The van der Waals surface area contributed by atoms with Gasteiger partial charge in [-0.05, 0) is 25.3 Å². The molecular formula is C12H16N2O3. The number of rotatable bonds is 3. The highest BCUT2D eigenvalue weighted by atomic mass is 16.6. The predicted octanol–water partition coefficient (Wildman–Crippen LogP) is 1.64. The number of benzene rings is 1. The van der Waals surface area contributed by atoms with Crippen LogP contribution in [0.4, 0.5) is 5.69 Å². The summed E-state index contributed by atoms with van der Waals surface area (Å²) in [7, 11) is 0. The lowest BCUT2D eigenvalue weighted by Crippen LogP contribution is -2.47. The maximum absolute atomic E-state index is 10.5. The molecular weight excluding hydrogens is 220 g/mol. The van der Waals surface area contributed by atoms with Crippen LogP contribution in [0.15, 0.2) is 24.3 Å². The summed E-state index contributed by atoms with van der Waals surface area (Å²) in [4.78, 5) is 10.1. The van der Waals surface area contributed by atoms with Crippen molar-refractivity contribution in [3.63, 3.8) is 0 Å². The second kappa shape index (κ2) is 4.43. The molecule has 0 aromatic heterocycles. The zero-order chi connectivity index (χ0) is 12.5. The van der Waals surface area contributed by atoms with E-state index in [9.17, 15) is 10.1 Å². The van der Waals surface area contributed by atoms with Crippen LogP contribution in [-0.2, 0) is 11.2 Å². The fraction of sp³-hybridized carbons (Fsp3) is 0.500. The molecule has 1 aromatic rings. The van der Waals surface area contributed by atoms with Gasteiger partial charge in [0.2, 0.25) is 0 Å². The van der Waals surface area contributed by atoms with Crippen LogP contribution >= 0.6 is 0 Å². The highest BCUT2D eigenvalue weighted by molar-refractivity contribution is 5.33. The van der Waals surface area contributed by atoms with Gasteiger partial charge < -0.3 is 10.5 Å². The predicted molar refractivity (Wildman–Crippen MR) is 63.7 cm³/mol. The third-order valence-corrected chi connectivity index (χ3v) is 3.43. The second-order valence-corrected chi connectivity index (χ2v) is 4.60. The Kier molecular flexibility index (Phi) is 3.13. The Morgan fingerprint density at radius 1 is 1.53 bits per heavy atom. The number of ether oxygens (including phenoxy) is 1. The van der Waals surface area contributed by atoms with Crippen LogP contribution in [0.3, 0.4) is 0 Å². The lowest BCUT2D eigenvalue weighted by Gasteiger charge is -2.27. The molecule has 92 valence electrons. The minimum atomic E-state index is -0.400. The Morgan fingerprint density at radius 3 is 2.65 bits per heavy atom. The zero-order valence-electron chi connectivity index (χ0n) is 9.76. The van der Waals surface area contributed by atoms with E-state index in [0.29, 0.717) is 13.0 Å². The molecule has 0 bridgehead atoms. The van der Waals surface area contributed by atoms with Crippen molar-refractivity contribution >= 4 is 5.69 Å². The number of nitro benzene ring substituents is 1. The van der Waals surface area contributed by atoms with Crippen molar-refractivity contribution < 1.29 is 9.66 Å². The number of nitro groups is 1. The van der Waals surface area contributed by atoms with Gasteiger partial charge in [0.15, 0.2) is 0 Å². The molecule has 0 spiro atoms. The number of hydrogen-bond donors (Lipinski definition) is 1.